The molecular formula is C25H29N3O2. The summed E-state index contributed by atoms with van der Waals surface area (Å²) in [6, 6.07) is 14.1. The second kappa shape index (κ2) is 8.34. The molecule has 0 saturated carbocycles. The normalized spacial score (nSPS) is 14.8. The van der Waals surface area contributed by atoms with Gasteiger partial charge in [-0.25, -0.2) is 0 Å². The van der Waals surface area contributed by atoms with Crippen molar-refractivity contribution in [1.82, 2.24) is 15.2 Å². The molecule has 1 aromatic heterocycles. The van der Waals surface area contributed by atoms with Gasteiger partial charge in [-0.3, -0.25) is 9.59 Å². The molecule has 1 saturated heterocycles. The zero-order valence-corrected chi connectivity index (χ0v) is 17.9. The maximum absolute atomic E-state index is 13.1. The zero-order valence-electron chi connectivity index (χ0n) is 17.9. The fourth-order valence-electron chi connectivity index (χ4n) is 4.33. The molecule has 3 aromatic rings. The highest BCUT2D eigenvalue weighted by Crippen LogP contribution is 2.27. The first-order chi connectivity index (χ1) is 14.4. The van der Waals surface area contributed by atoms with E-state index in [0.29, 0.717) is 38.2 Å². The molecule has 2 amide bonds. The van der Waals surface area contributed by atoms with Crippen molar-refractivity contribution in [3.63, 3.8) is 0 Å². The van der Waals surface area contributed by atoms with E-state index < -0.39 is 0 Å². The summed E-state index contributed by atoms with van der Waals surface area (Å²) in [5.41, 5.74) is 6.36. The van der Waals surface area contributed by atoms with E-state index in [9.17, 15) is 9.59 Å². The van der Waals surface area contributed by atoms with Crippen LogP contribution in [0.3, 0.4) is 0 Å². The number of aromatic amines is 1. The zero-order chi connectivity index (χ0) is 21.3. The number of carbonyl (C=O) groups excluding carboxylic acids is 2. The van der Waals surface area contributed by atoms with Crippen LogP contribution in [0.25, 0.3) is 10.9 Å². The number of carbonyl (C=O) groups is 2. The minimum Gasteiger partial charge on any atom is -0.352 e. The van der Waals surface area contributed by atoms with Gasteiger partial charge >= 0.3 is 0 Å². The van der Waals surface area contributed by atoms with Crippen molar-refractivity contribution >= 4 is 22.7 Å². The molecular weight excluding hydrogens is 374 g/mol. The Bertz CT molecular complexity index is 1080. The Morgan fingerprint density at radius 2 is 1.73 bits per heavy atom. The van der Waals surface area contributed by atoms with E-state index in [4.69, 9.17) is 0 Å². The number of aryl methyl sites for hydroxylation is 3. The van der Waals surface area contributed by atoms with E-state index in [1.165, 1.54) is 16.7 Å². The van der Waals surface area contributed by atoms with Gasteiger partial charge in [0.25, 0.3) is 5.91 Å². The van der Waals surface area contributed by atoms with E-state index in [1.807, 2.05) is 41.3 Å². The maximum atomic E-state index is 13.1. The molecule has 4 rings (SSSR count). The van der Waals surface area contributed by atoms with Gasteiger partial charge < -0.3 is 15.2 Å². The summed E-state index contributed by atoms with van der Waals surface area (Å²) in [4.78, 5) is 30.8. The predicted molar refractivity (Wildman–Crippen MR) is 119 cm³/mol. The smallest absolute Gasteiger partial charge is 0.270 e. The molecule has 1 fully saturated rings. The van der Waals surface area contributed by atoms with Crippen LogP contribution in [-0.2, 0) is 11.3 Å². The predicted octanol–water partition coefficient (Wildman–Crippen LogP) is 4.26. The Balaban J connectivity index is 1.37. The second-order valence-electron chi connectivity index (χ2n) is 8.38. The Morgan fingerprint density at radius 1 is 1.03 bits per heavy atom. The summed E-state index contributed by atoms with van der Waals surface area (Å²) in [6.07, 6.45) is 1.40. The average molecular weight is 404 g/mol. The summed E-state index contributed by atoms with van der Waals surface area (Å²) in [6.45, 7) is 8.02. The maximum Gasteiger partial charge on any atom is 0.270 e. The fourth-order valence-corrected chi connectivity index (χ4v) is 4.33. The largest absolute Gasteiger partial charge is 0.352 e. The Hall–Kier alpha value is -3.08. The van der Waals surface area contributed by atoms with Crippen molar-refractivity contribution in [1.29, 1.82) is 0 Å². The van der Waals surface area contributed by atoms with Gasteiger partial charge in [0.1, 0.15) is 5.69 Å². The third-order valence-electron chi connectivity index (χ3n) is 6.33. The Kier molecular flexibility index (Phi) is 5.62. The van der Waals surface area contributed by atoms with Gasteiger partial charge in [0, 0.05) is 36.5 Å². The lowest BCUT2D eigenvalue weighted by atomic mass is 9.95. The number of rotatable bonds is 4. The number of hydrogen-bond donors (Lipinski definition) is 2. The summed E-state index contributed by atoms with van der Waals surface area (Å²) >= 11 is 0. The van der Waals surface area contributed by atoms with E-state index in [1.54, 1.807) is 0 Å². The van der Waals surface area contributed by atoms with Crippen LogP contribution in [-0.4, -0.2) is 34.8 Å². The van der Waals surface area contributed by atoms with Gasteiger partial charge in [-0.05, 0) is 61.9 Å². The first-order valence-corrected chi connectivity index (χ1v) is 10.6. The topological polar surface area (TPSA) is 65.2 Å². The lowest BCUT2D eigenvalue weighted by Gasteiger charge is -2.31. The molecule has 1 aliphatic heterocycles. The first-order valence-electron chi connectivity index (χ1n) is 10.6. The molecule has 0 bridgehead atoms. The van der Waals surface area contributed by atoms with Crippen LogP contribution in [0.4, 0.5) is 0 Å². The van der Waals surface area contributed by atoms with E-state index in [2.05, 4.69) is 37.1 Å². The first kappa shape index (κ1) is 20.2. The minimum absolute atomic E-state index is 0.0193. The number of aromatic nitrogens is 1. The van der Waals surface area contributed by atoms with Crippen LogP contribution < -0.4 is 5.32 Å². The minimum atomic E-state index is -0.0346. The van der Waals surface area contributed by atoms with Crippen LogP contribution in [0.15, 0.2) is 42.5 Å². The Morgan fingerprint density at radius 3 is 2.43 bits per heavy atom. The van der Waals surface area contributed by atoms with Crippen LogP contribution >= 0.6 is 0 Å². The number of piperidine rings is 1. The molecule has 5 heteroatoms. The SMILES string of the molecule is Cc1cc(C)c2cc(C(=O)N3CCC(C(=O)NCc4ccccc4)CC3)[nH]c2c1C. The van der Waals surface area contributed by atoms with Crippen molar-refractivity contribution in [2.24, 2.45) is 5.92 Å². The van der Waals surface area contributed by atoms with Gasteiger partial charge in [0.2, 0.25) is 5.91 Å². The van der Waals surface area contributed by atoms with Gasteiger partial charge in [-0.15, -0.1) is 0 Å². The summed E-state index contributed by atoms with van der Waals surface area (Å²) in [7, 11) is 0. The summed E-state index contributed by atoms with van der Waals surface area (Å²) in [5.74, 6) is 0.0664. The van der Waals surface area contributed by atoms with E-state index >= 15 is 0 Å². The number of hydrogen-bond acceptors (Lipinski definition) is 2. The molecule has 156 valence electrons. The molecule has 0 spiro atoms. The molecule has 30 heavy (non-hydrogen) atoms. The third kappa shape index (κ3) is 3.97. The highest BCUT2D eigenvalue weighted by Gasteiger charge is 2.28. The Labute approximate surface area is 177 Å². The number of nitrogens with zero attached hydrogens (tertiary/aromatic N) is 1. The molecule has 2 heterocycles. The van der Waals surface area contributed by atoms with Gasteiger partial charge in [0.05, 0.1) is 0 Å². The number of nitrogens with one attached hydrogen (secondary N) is 2. The van der Waals surface area contributed by atoms with Crippen molar-refractivity contribution in [2.75, 3.05) is 13.1 Å². The second-order valence-corrected chi connectivity index (χ2v) is 8.38. The van der Waals surface area contributed by atoms with Crippen molar-refractivity contribution in [2.45, 2.75) is 40.2 Å². The molecule has 1 aliphatic rings. The summed E-state index contributed by atoms with van der Waals surface area (Å²) in [5, 5.41) is 4.14. The standard InChI is InChI=1S/C25H29N3O2/c1-16-13-17(2)21-14-22(27-23(21)18(16)3)25(30)28-11-9-20(10-12-28)24(29)26-15-19-7-5-4-6-8-19/h4-8,13-14,20,27H,9-12,15H2,1-3H3,(H,26,29). The van der Waals surface area contributed by atoms with Gasteiger partial charge in [-0.1, -0.05) is 36.4 Å². The lowest BCUT2D eigenvalue weighted by Crippen LogP contribution is -2.43. The summed E-state index contributed by atoms with van der Waals surface area (Å²) < 4.78 is 0. The molecule has 2 N–H and O–H groups in total. The van der Waals surface area contributed by atoms with E-state index in [0.717, 1.165) is 16.5 Å². The number of amides is 2. The van der Waals surface area contributed by atoms with Crippen LogP contribution in [0.1, 0.15) is 45.6 Å². The van der Waals surface area contributed by atoms with E-state index in [-0.39, 0.29) is 17.7 Å². The number of fused-ring (bicyclic) bond motifs is 1. The third-order valence-corrected chi connectivity index (χ3v) is 6.33. The highest BCUT2D eigenvalue weighted by molar-refractivity contribution is 6.00. The quantitative estimate of drug-likeness (QED) is 0.684. The molecule has 0 aliphatic carbocycles. The van der Waals surface area contributed by atoms with Crippen LogP contribution in [0.2, 0.25) is 0 Å². The average Bonchev–Trinajstić information content (AvgIpc) is 3.22. The number of likely N-dealkylation sites (tertiary alicyclic amines) is 1. The highest BCUT2D eigenvalue weighted by atomic mass is 16.2. The molecule has 5 nitrogen and oxygen atoms in total. The van der Waals surface area contributed by atoms with Crippen LogP contribution in [0, 0.1) is 26.7 Å². The van der Waals surface area contributed by atoms with Crippen LogP contribution in [0.5, 0.6) is 0 Å². The van der Waals surface area contributed by atoms with Crippen molar-refractivity contribution in [3.8, 4) is 0 Å². The molecule has 0 unspecified atom stereocenters. The van der Waals surface area contributed by atoms with Crippen molar-refractivity contribution < 1.29 is 9.59 Å². The number of benzene rings is 2. The monoisotopic (exact) mass is 403 g/mol. The van der Waals surface area contributed by atoms with Gasteiger partial charge in [-0.2, -0.15) is 0 Å². The number of H-pyrrole nitrogens is 1. The molecule has 0 radical (unpaired) electrons. The molecule has 2 aromatic carbocycles. The fraction of sp³-hybridized carbons (Fsp3) is 0.360. The van der Waals surface area contributed by atoms with Gasteiger partial charge in [0.15, 0.2) is 0 Å². The van der Waals surface area contributed by atoms with Crippen molar-refractivity contribution in [3.05, 3.63) is 70.4 Å². The molecule has 0 atom stereocenters. The lowest BCUT2D eigenvalue weighted by molar-refractivity contribution is -0.126.